The molecule has 2 nitrogen and oxygen atoms in total. The summed E-state index contributed by atoms with van der Waals surface area (Å²) in [7, 11) is -0.367. The van der Waals surface area contributed by atoms with E-state index in [0.717, 1.165) is 5.56 Å². The third-order valence-electron chi connectivity index (χ3n) is 6.54. The highest BCUT2D eigenvalue weighted by molar-refractivity contribution is 6.90. The normalized spacial score (nSPS) is 12.1. The molecule has 0 saturated heterocycles. The van der Waals surface area contributed by atoms with E-state index >= 15 is 0 Å². The summed E-state index contributed by atoms with van der Waals surface area (Å²) in [6.07, 6.45) is 3.10. The van der Waals surface area contributed by atoms with E-state index in [1.165, 1.54) is 18.2 Å². The smallest absolute Gasteiger partial charge is 0.334 e. The maximum absolute atomic E-state index is 12.4. The van der Waals surface area contributed by atoms with Crippen LogP contribution < -0.4 is 0 Å². The maximum Gasteiger partial charge on any atom is 0.334 e. The number of hydrogen-bond acceptors (Lipinski definition) is 2. The number of methoxy groups -OCH3 is 1. The van der Waals surface area contributed by atoms with E-state index in [0.29, 0.717) is 35.0 Å². The number of hydrogen-bond donors (Lipinski definition) is 0. The van der Waals surface area contributed by atoms with Crippen LogP contribution in [0.2, 0.25) is 16.6 Å². The van der Waals surface area contributed by atoms with Gasteiger partial charge in [-0.2, -0.15) is 0 Å². The van der Waals surface area contributed by atoms with Crippen molar-refractivity contribution in [3.05, 3.63) is 71.8 Å². The number of allylic oxidation sites excluding steroid dienone is 1. The van der Waals surface area contributed by atoms with Gasteiger partial charge in [-0.1, -0.05) is 102 Å². The first kappa shape index (κ1) is 25.7. The Bertz CT molecular complexity index is 936. The predicted octanol–water partition coefficient (Wildman–Crippen LogP) is 7.61. The number of esters is 1. The number of benzene rings is 2. The van der Waals surface area contributed by atoms with Crippen molar-refractivity contribution in [1.29, 1.82) is 0 Å². The first-order valence-electron chi connectivity index (χ1n) is 11.6. The molecular formula is C29H38O2Si. The fraction of sp³-hybridized carbons (Fsp3) is 0.414. The van der Waals surface area contributed by atoms with Gasteiger partial charge in [-0.05, 0) is 39.7 Å². The van der Waals surface area contributed by atoms with Gasteiger partial charge in [-0.25, -0.2) is 4.79 Å². The summed E-state index contributed by atoms with van der Waals surface area (Å²) < 4.78 is 5.04. The fourth-order valence-corrected chi connectivity index (χ4v) is 10.0. The minimum atomic E-state index is -1.81. The van der Waals surface area contributed by atoms with Crippen LogP contribution in [-0.4, -0.2) is 21.2 Å². The summed E-state index contributed by atoms with van der Waals surface area (Å²) >= 11 is 0. The fourth-order valence-electron chi connectivity index (χ4n) is 4.79. The van der Waals surface area contributed by atoms with Crippen LogP contribution in [-0.2, 0) is 16.0 Å². The van der Waals surface area contributed by atoms with Gasteiger partial charge >= 0.3 is 5.97 Å². The SMILES string of the molecule is COC(=O)/C(=C\Cc1ccc(-c2ccccc2)cc1)CC#C[Si](C(C)C)(C(C)C)C(C)C. The van der Waals surface area contributed by atoms with Crippen molar-refractivity contribution in [3.8, 4) is 22.6 Å². The second kappa shape index (κ2) is 11.9. The van der Waals surface area contributed by atoms with E-state index < -0.39 is 8.07 Å². The molecular weight excluding hydrogens is 408 g/mol. The van der Waals surface area contributed by atoms with Crippen LogP contribution in [0.25, 0.3) is 11.1 Å². The largest absolute Gasteiger partial charge is 0.466 e. The lowest BCUT2D eigenvalue weighted by molar-refractivity contribution is -0.136. The van der Waals surface area contributed by atoms with Crippen molar-refractivity contribution in [3.63, 3.8) is 0 Å². The molecule has 0 aliphatic carbocycles. The van der Waals surface area contributed by atoms with Crippen molar-refractivity contribution in [1.82, 2.24) is 0 Å². The molecule has 2 aromatic carbocycles. The van der Waals surface area contributed by atoms with Crippen molar-refractivity contribution in [2.24, 2.45) is 0 Å². The number of ether oxygens (including phenoxy) is 1. The monoisotopic (exact) mass is 446 g/mol. The molecule has 2 aromatic rings. The maximum atomic E-state index is 12.4. The molecule has 0 N–H and O–H groups in total. The predicted molar refractivity (Wildman–Crippen MR) is 139 cm³/mol. The Morgan fingerprint density at radius 2 is 1.41 bits per heavy atom. The Balaban J connectivity index is 2.21. The van der Waals surface area contributed by atoms with Crippen LogP contribution in [0.3, 0.4) is 0 Å². The molecule has 0 unspecified atom stereocenters. The van der Waals surface area contributed by atoms with Crippen LogP contribution in [0.15, 0.2) is 66.2 Å². The first-order chi connectivity index (χ1) is 15.2. The van der Waals surface area contributed by atoms with E-state index in [1.54, 1.807) is 0 Å². The van der Waals surface area contributed by atoms with Gasteiger partial charge in [0.1, 0.15) is 8.07 Å². The zero-order valence-corrected chi connectivity index (χ0v) is 21.7. The third-order valence-corrected chi connectivity index (χ3v) is 12.9. The summed E-state index contributed by atoms with van der Waals surface area (Å²) in [4.78, 5) is 12.4. The van der Waals surface area contributed by atoms with Crippen molar-refractivity contribution >= 4 is 14.0 Å². The minimum Gasteiger partial charge on any atom is -0.466 e. The highest BCUT2D eigenvalue weighted by Crippen LogP contribution is 2.40. The molecule has 170 valence electrons. The molecule has 0 spiro atoms. The summed E-state index contributed by atoms with van der Waals surface area (Å²) in [6, 6.07) is 18.8. The highest BCUT2D eigenvalue weighted by Gasteiger charge is 2.41. The van der Waals surface area contributed by atoms with Crippen molar-refractivity contribution in [2.75, 3.05) is 7.11 Å². The molecule has 0 aliphatic heterocycles. The van der Waals surface area contributed by atoms with E-state index in [-0.39, 0.29) is 5.97 Å². The molecule has 32 heavy (non-hydrogen) atoms. The average Bonchev–Trinajstić information content (AvgIpc) is 2.78. The van der Waals surface area contributed by atoms with Gasteiger partial charge in [0.2, 0.25) is 0 Å². The molecule has 0 aromatic heterocycles. The number of rotatable bonds is 8. The van der Waals surface area contributed by atoms with E-state index in [1.807, 2.05) is 24.3 Å². The van der Waals surface area contributed by atoms with Gasteiger partial charge in [0.25, 0.3) is 0 Å². The van der Waals surface area contributed by atoms with Crippen molar-refractivity contribution < 1.29 is 9.53 Å². The van der Waals surface area contributed by atoms with Crippen LogP contribution in [0.5, 0.6) is 0 Å². The second-order valence-corrected chi connectivity index (χ2v) is 14.9. The standard InChI is InChI=1S/C29H38O2Si/c1-22(2)32(23(3)4,24(5)6)21-11-14-28(29(30)31-7)20-17-25-15-18-27(19-16-25)26-12-9-8-10-13-26/h8-10,12-13,15-16,18-20,22-24H,14,17H2,1-7H3/b28-20-. The number of carbonyl (C=O) groups excluding carboxylic acids is 1. The second-order valence-electron chi connectivity index (χ2n) is 9.36. The van der Waals surface area contributed by atoms with E-state index in [4.69, 9.17) is 4.74 Å². The average molecular weight is 447 g/mol. The lowest BCUT2D eigenvalue weighted by atomic mass is 10.0. The molecule has 3 heteroatoms. The molecule has 0 bridgehead atoms. The van der Waals surface area contributed by atoms with Gasteiger partial charge in [0.05, 0.1) is 7.11 Å². The lowest BCUT2D eigenvalue weighted by Gasteiger charge is -2.38. The zero-order valence-electron chi connectivity index (χ0n) is 20.7. The van der Waals surface area contributed by atoms with Crippen molar-refractivity contribution in [2.45, 2.75) is 71.0 Å². The lowest BCUT2D eigenvalue weighted by Crippen LogP contribution is -2.43. The third kappa shape index (κ3) is 6.23. The summed E-state index contributed by atoms with van der Waals surface area (Å²) in [5.41, 5.74) is 9.62. The van der Waals surface area contributed by atoms with Crippen LogP contribution in [0.1, 0.15) is 53.5 Å². The van der Waals surface area contributed by atoms with E-state index in [2.05, 4.69) is 89.4 Å². The molecule has 0 atom stereocenters. The van der Waals surface area contributed by atoms with Crippen LogP contribution in [0, 0.1) is 11.5 Å². The number of carbonyl (C=O) groups is 1. The summed E-state index contributed by atoms with van der Waals surface area (Å²) in [5, 5.41) is 0. The highest BCUT2D eigenvalue weighted by atomic mass is 28.3. The Morgan fingerprint density at radius 3 is 1.91 bits per heavy atom. The quantitative estimate of drug-likeness (QED) is 0.180. The molecule has 2 rings (SSSR count). The molecule has 0 heterocycles. The van der Waals surface area contributed by atoms with Gasteiger partial charge < -0.3 is 4.74 Å². The van der Waals surface area contributed by atoms with Gasteiger partial charge in [0.15, 0.2) is 0 Å². The Labute approximate surface area is 196 Å². The zero-order chi connectivity index (χ0) is 23.7. The van der Waals surface area contributed by atoms with Gasteiger partial charge in [-0.15, -0.1) is 11.5 Å². The minimum absolute atomic E-state index is 0.286. The Hall–Kier alpha value is -2.57. The van der Waals surface area contributed by atoms with Crippen LogP contribution in [0.4, 0.5) is 0 Å². The first-order valence-corrected chi connectivity index (χ1v) is 13.9. The molecule has 0 saturated carbocycles. The van der Waals surface area contributed by atoms with E-state index in [9.17, 15) is 4.79 Å². The Morgan fingerprint density at radius 1 is 0.875 bits per heavy atom. The summed E-state index contributed by atoms with van der Waals surface area (Å²) in [5.74, 6) is 3.11. The molecule has 0 aliphatic rings. The topological polar surface area (TPSA) is 26.3 Å². The molecule has 0 fully saturated rings. The summed E-state index contributed by atoms with van der Waals surface area (Å²) in [6.45, 7) is 13.8. The molecule has 0 radical (unpaired) electrons. The van der Waals surface area contributed by atoms with Gasteiger partial charge in [0, 0.05) is 12.0 Å². The van der Waals surface area contributed by atoms with Gasteiger partial charge in [-0.3, -0.25) is 0 Å². The van der Waals surface area contributed by atoms with Crippen LogP contribution >= 0.6 is 0 Å². The molecule has 0 amide bonds. The Kier molecular flexibility index (Phi) is 9.54.